The van der Waals surface area contributed by atoms with Gasteiger partial charge in [-0.25, -0.2) is 0 Å². The lowest BCUT2D eigenvalue weighted by atomic mass is 10.1. The molecular weight excluding hydrogens is 416 g/mol. The van der Waals surface area contributed by atoms with Crippen LogP contribution in [0, 0.1) is 0 Å². The SMILES string of the molecule is CCCNC(=O)c1ccc(C(=O)SC2CC(=O)N2C(C)O[Si](C)(C)C(C)(C)C)cc1. The van der Waals surface area contributed by atoms with Gasteiger partial charge in [0, 0.05) is 17.7 Å². The maximum atomic E-state index is 12.7. The van der Waals surface area contributed by atoms with E-state index in [0.717, 1.165) is 18.2 Å². The Morgan fingerprint density at radius 1 is 1.23 bits per heavy atom. The summed E-state index contributed by atoms with van der Waals surface area (Å²) in [5.74, 6) is -0.134. The molecule has 2 atom stereocenters. The predicted molar refractivity (Wildman–Crippen MR) is 124 cm³/mol. The van der Waals surface area contributed by atoms with E-state index in [1.807, 2.05) is 13.8 Å². The number of likely N-dealkylation sites (tertiary alicyclic amines) is 1. The van der Waals surface area contributed by atoms with Crippen LogP contribution >= 0.6 is 11.8 Å². The van der Waals surface area contributed by atoms with Crippen molar-refractivity contribution in [3.8, 4) is 0 Å². The molecule has 30 heavy (non-hydrogen) atoms. The molecule has 1 heterocycles. The minimum absolute atomic E-state index is 0.00875. The zero-order chi connectivity index (χ0) is 22.7. The first-order valence-electron chi connectivity index (χ1n) is 10.5. The monoisotopic (exact) mass is 450 g/mol. The Morgan fingerprint density at radius 3 is 2.30 bits per heavy atom. The topological polar surface area (TPSA) is 75.7 Å². The Labute approximate surface area is 185 Å². The normalized spacial score (nSPS) is 18.0. The van der Waals surface area contributed by atoms with Crippen LogP contribution in [0.15, 0.2) is 24.3 Å². The third-order valence-corrected chi connectivity index (χ3v) is 11.4. The Morgan fingerprint density at radius 2 is 1.80 bits per heavy atom. The lowest BCUT2D eigenvalue weighted by Crippen LogP contribution is -2.59. The number of thioether (sulfide) groups is 1. The van der Waals surface area contributed by atoms with Crippen molar-refractivity contribution in [3.05, 3.63) is 35.4 Å². The van der Waals surface area contributed by atoms with Crippen molar-refractivity contribution in [1.29, 1.82) is 0 Å². The number of hydrogen-bond acceptors (Lipinski definition) is 5. The van der Waals surface area contributed by atoms with Crippen molar-refractivity contribution in [2.24, 2.45) is 0 Å². The number of amides is 2. The Bertz CT molecular complexity index is 789. The molecule has 1 aromatic rings. The van der Waals surface area contributed by atoms with Crippen molar-refractivity contribution in [2.75, 3.05) is 6.54 Å². The van der Waals surface area contributed by atoms with E-state index in [9.17, 15) is 14.4 Å². The van der Waals surface area contributed by atoms with Crippen LogP contribution < -0.4 is 5.32 Å². The molecule has 1 N–H and O–H groups in total. The molecule has 6 nitrogen and oxygen atoms in total. The van der Waals surface area contributed by atoms with E-state index in [0.29, 0.717) is 24.1 Å². The fourth-order valence-corrected chi connectivity index (χ4v) is 5.35. The molecule has 1 saturated heterocycles. The first-order valence-corrected chi connectivity index (χ1v) is 14.2. The van der Waals surface area contributed by atoms with Crippen LogP contribution in [0.5, 0.6) is 0 Å². The largest absolute Gasteiger partial charge is 0.397 e. The van der Waals surface area contributed by atoms with Crippen LogP contribution in [0.4, 0.5) is 0 Å². The molecular formula is C22H34N2O4SSi. The third kappa shape index (κ3) is 5.74. The van der Waals surface area contributed by atoms with Gasteiger partial charge >= 0.3 is 0 Å². The first-order chi connectivity index (χ1) is 13.9. The van der Waals surface area contributed by atoms with Gasteiger partial charge in [-0.3, -0.25) is 14.4 Å². The van der Waals surface area contributed by atoms with E-state index in [2.05, 4.69) is 39.2 Å². The molecule has 0 aliphatic carbocycles. The first kappa shape index (κ1) is 24.6. The molecule has 0 bridgehead atoms. The minimum Gasteiger partial charge on any atom is -0.397 e. The smallest absolute Gasteiger partial charge is 0.251 e. The van der Waals surface area contributed by atoms with Crippen LogP contribution in [0.25, 0.3) is 0 Å². The van der Waals surface area contributed by atoms with Gasteiger partial charge in [0.25, 0.3) is 5.91 Å². The highest BCUT2D eigenvalue weighted by molar-refractivity contribution is 8.14. The lowest BCUT2D eigenvalue weighted by molar-refractivity contribution is -0.153. The van der Waals surface area contributed by atoms with E-state index in [4.69, 9.17) is 4.43 Å². The fraction of sp³-hybridized carbons (Fsp3) is 0.591. The molecule has 0 aromatic heterocycles. The standard InChI is InChI=1S/C22H34N2O4SSi/c1-8-13-23-20(26)16-9-11-17(12-10-16)21(27)29-19-14-18(25)24(19)15(2)28-30(6,7)22(3,4)5/h9-12,15,19H,8,13-14H2,1-7H3,(H,23,26). The third-order valence-electron chi connectivity index (χ3n) is 5.77. The number of β-lactam (4-membered cyclic amide) rings is 1. The van der Waals surface area contributed by atoms with E-state index in [1.165, 1.54) is 0 Å². The summed E-state index contributed by atoms with van der Waals surface area (Å²) in [7, 11) is -2.03. The molecule has 1 aliphatic heterocycles. The number of carbonyl (C=O) groups excluding carboxylic acids is 3. The van der Waals surface area contributed by atoms with E-state index >= 15 is 0 Å². The highest BCUT2D eigenvalue weighted by atomic mass is 32.2. The molecule has 0 radical (unpaired) electrons. The number of carbonyl (C=O) groups is 3. The zero-order valence-corrected chi connectivity index (χ0v) is 20.9. The van der Waals surface area contributed by atoms with Crippen molar-refractivity contribution in [3.63, 3.8) is 0 Å². The van der Waals surface area contributed by atoms with Crippen molar-refractivity contribution < 1.29 is 18.8 Å². The second-order valence-corrected chi connectivity index (χ2v) is 15.1. The molecule has 2 unspecified atom stereocenters. The van der Waals surface area contributed by atoms with Gasteiger partial charge in [0.15, 0.2) is 8.32 Å². The molecule has 166 valence electrons. The molecule has 1 aliphatic rings. The predicted octanol–water partition coefficient (Wildman–Crippen LogP) is 4.63. The summed E-state index contributed by atoms with van der Waals surface area (Å²) in [5, 5.41) is 2.52. The van der Waals surface area contributed by atoms with E-state index in [1.54, 1.807) is 29.2 Å². The highest BCUT2D eigenvalue weighted by Gasteiger charge is 2.45. The van der Waals surface area contributed by atoms with Crippen LogP contribution in [0.2, 0.25) is 18.1 Å². The maximum absolute atomic E-state index is 12.7. The Balaban J connectivity index is 1.99. The van der Waals surface area contributed by atoms with Crippen molar-refractivity contribution in [2.45, 2.75) is 77.2 Å². The van der Waals surface area contributed by atoms with Crippen LogP contribution in [0.3, 0.4) is 0 Å². The second kappa shape index (κ2) is 9.66. The number of hydrogen-bond donors (Lipinski definition) is 1. The second-order valence-electron chi connectivity index (χ2n) is 9.18. The quantitative estimate of drug-likeness (QED) is 0.462. The van der Waals surface area contributed by atoms with Gasteiger partial charge in [-0.1, -0.05) is 39.5 Å². The maximum Gasteiger partial charge on any atom is 0.251 e. The van der Waals surface area contributed by atoms with E-state index < -0.39 is 8.32 Å². The average molecular weight is 451 g/mol. The Kier molecular flexibility index (Phi) is 7.93. The van der Waals surface area contributed by atoms with Gasteiger partial charge in [0.2, 0.25) is 11.0 Å². The van der Waals surface area contributed by atoms with Crippen molar-refractivity contribution in [1.82, 2.24) is 10.2 Å². The summed E-state index contributed by atoms with van der Waals surface area (Å²) in [4.78, 5) is 38.6. The number of rotatable bonds is 8. The van der Waals surface area contributed by atoms with Gasteiger partial charge in [0.05, 0.1) is 11.8 Å². The summed E-state index contributed by atoms with van der Waals surface area (Å²) in [6.45, 7) is 15.3. The fourth-order valence-electron chi connectivity index (χ4n) is 2.89. The van der Waals surface area contributed by atoms with Crippen LogP contribution in [-0.4, -0.2) is 48.3 Å². The van der Waals surface area contributed by atoms with Gasteiger partial charge in [0.1, 0.15) is 6.23 Å². The number of nitrogens with one attached hydrogen (secondary N) is 1. The van der Waals surface area contributed by atoms with Gasteiger partial charge in [-0.2, -0.15) is 0 Å². The number of nitrogens with zero attached hydrogens (tertiary/aromatic N) is 1. The van der Waals surface area contributed by atoms with E-state index in [-0.39, 0.29) is 33.6 Å². The molecule has 0 saturated carbocycles. The molecule has 2 rings (SSSR count). The summed E-state index contributed by atoms with van der Waals surface area (Å²) in [6, 6.07) is 6.64. The highest BCUT2D eigenvalue weighted by Crippen LogP contribution is 2.40. The molecule has 0 spiro atoms. The molecule has 1 fully saturated rings. The van der Waals surface area contributed by atoms with Gasteiger partial charge in [-0.15, -0.1) is 0 Å². The zero-order valence-electron chi connectivity index (χ0n) is 19.1. The lowest BCUT2D eigenvalue weighted by Gasteiger charge is -2.47. The van der Waals surface area contributed by atoms with Crippen LogP contribution in [-0.2, 0) is 9.22 Å². The van der Waals surface area contributed by atoms with Crippen LogP contribution in [0.1, 0.15) is 68.2 Å². The summed E-state index contributed by atoms with van der Waals surface area (Å²) in [5.41, 5.74) is 1.05. The van der Waals surface area contributed by atoms with Gasteiger partial charge < -0.3 is 14.6 Å². The average Bonchev–Trinajstić information content (AvgIpc) is 2.64. The molecule has 1 aromatic carbocycles. The summed E-state index contributed by atoms with van der Waals surface area (Å²) in [6.07, 6.45) is 0.841. The molecule has 2 amide bonds. The molecule has 8 heteroatoms. The Hall–Kier alpha value is -1.64. The number of benzene rings is 1. The summed E-state index contributed by atoms with van der Waals surface area (Å²) >= 11 is 1.14. The summed E-state index contributed by atoms with van der Waals surface area (Å²) < 4.78 is 6.34. The van der Waals surface area contributed by atoms with Crippen molar-refractivity contribution >= 4 is 37.0 Å². The van der Waals surface area contributed by atoms with Gasteiger partial charge in [-0.05, 0) is 55.7 Å². The minimum atomic E-state index is -2.03.